The number of halogens is 1. The second kappa shape index (κ2) is 5.62. The van der Waals surface area contributed by atoms with Crippen molar-refractivity contribution >= 4 is 28.9 Å². The molecule has 3 N–H and O–H groups in total. The summed E-state index contributed by atoms with van der Waals surface area (Å²) >= 11 is 5.87. The SMILES string of the molecule is CC(C(=O)Nc1ccc(Cl)c(N)c1)N1CCC(C)(C)C1. The van der Waals surface area contributed by atoms with Crippen LogP contribution in [0.4, 0.5) is 11.4 Å². The zero-order valence-electron chi connectivity index (χ0n) is 12.2. The number of nitrogens with zero attached hydrogens (tertiary/aromatic N) is 1. The first kappa shape index (κ1) is 15.1. The quantitative estimate of drug-likeness (QED) is 0.843. The van der Waals surface area contributed by atoms with Gasteiger partial charge in [-0.2, -0.15) is 0 Å². The molecule has 0 spiro atoms. The average Bonchev–Trinajstić information content (AvgIpc) is 2.73. The summed E-state index contributed by atoms with van der Waals surface area (Å²) in [6, 6.07) is 4.99. The highest BCUT2D eigenvalue weighted by Gasteiger charge is 2.34. The Hall–Kier alpha value is -1.26. The molecule has 1 aliphatic heterocycles. The summed E-state index contributed by atoms with van der Waals surface area (Å²) in [6.07, 6.45) is 1.12. The molecular formula is C15H22ClN3O. The molecule has 0 saturated carbocycles. The minimum atomic E-state index is -0.145. The van der Waals surface area contributed by atoms with Crippen molar-refractivity contribution in [1.29, 1.82) is 0 Å². The zero-order chi connectivity index (χ0) is 14.9. The van der Waals surface area contributed by atoms with E-state index in [1.807, 2.05) is 6.92 Å². The average molecular weight is 296 g/mol. The van der Waals surface area contributed by atoms with Crippen LogP contribution >= 0.6 is 11.6 Å². The van der Waals surface area contributed by atoms with Crippen LogP contribution in [0.25, 0.3) is 0 Å². The molecule has 0 radical (unpaired) electrons. The molecule has 2 rings (SSSR count). The van der Waals surface area contributed by atoms with Crippen molar-refractivity contribution in [2.45, 2.75) is 33.2 Å². The zero-order valence-corrected chi connectivity index (χ0v) is 13.0. The number of nitrogens with one attached hydrogen (secondary N) is 1. The van der Waals surface area contributed by atoms with Crippen molar-refractivity contribution in [2.24, 2.45) is 5.41 Å². The van der Waals surface area contributed by atoms with Gasteiger partial charge in [-0.15, -0.1) is 0 Å². The van der Waals surface area contributed by atoms with Gasteiger partial charge in [-0.3, -0.25) is 9.69 Å². The summed E-state index contributed by atoms with van der Waals surface area (Å²) in [5.41, 5.74) is 7.18. The summed E-state index contributed by atoms with van der Waals surface area (Å²) in [5.74, 6) is -0.00979. The number of hydrogen-bond acceptors (Lipinski definition) is 3. The first-order chi connectivity index (χ1) is 9.28. The number of carbonyl (C=O) groups excluding carboxylic acids is 1. The fraction of sp³-hybridized carbons (Fsp3) is 0.533. The summed E-state index contributed by atoms with van der Waals surface area (Å²) in [6.45, 7) is 8.32. The molecule has 1 saturated heterocycles. The van der Waals surface area contributed by atoms with E-state index in [1.54, 1.807) is 18.2 Å². The molecule has 110 valence electrons. The maximum absolute atomic E-state index is 12.3. The van der Waals surface area contributed by atoms with Crippen molar-refractivity contribution in [1.82, 2.24) is 4.90 Å². The van der Waals surface area contributed by atoms with E-state index in [9.17, 15) is 4.79 Å². The van der Waals surface area contributed by atoms with Gasteiger partial charge >= 0.3 is 0 Å². The van der Waals surface area contributed by atoms with E-state index in [2.05, 4.69) is 24.1 Å². The van der Waals surface area contributed by atoms with Gasteiger partial charge in [0.05, 0.1) is 16.8 Å². The Morgan fingerprint density at radius 2 is 2.20 bits per heavy atom. The molecule has 1 aliphatic rings. The number of likely N-dealkylation sites (tertiary alicyclic amines) is 1. The molecule has 5 heteroatoms. The highest BCUT2D eigenvalue weighted by Crippen LogP contribution is 2.30. The largest absolute Gasteiger partial charge is 0.397 e. The maximum atomic E-state index is 12.3. The molecule has 1 atom stereocenters. The number of rotatable bonds is 3. The van der Waals surface area contributed by atoms with Gasteiger partial charge in [-0.1, -0.05) is 25.4 Å². The van der Waals surface area contributed by atoms with Gasteiger partial charge in [0, 0.05) is 12.2 Å². The number of amides is 1. The Bertz CT molecular complexity index is 516. The van der Waals surface area contributed by atoms with Gasteiger partial charge in [-0.25, -0.2) is 0 Å². The molecule has 0 aliphatic carbocycles. The van der Waals surface area contributed by atoms with E-state index in [-0.39, 0.29) is 11.9 Å². The van der Waals surface area contributed by atoms with Crippen LogP contribution in [0, 0.1) is 5.41 Å². The first-order valence-electron chi connectivity index (χ1n) is 6.88. The Labute approximate surface area is 125 Å². The van der Waals surface area contributed by atoms with Crippen molar-refractivity contribution < 1.29 is 4.79 Å². The first-order valence-corrected chi connectivity index (χ1v) is 7.26. The van der Waals surface area contributed by atoms with Crippen LogP contribution in [-0.2, 0) is 4.79 Å². The monoisotopic (exact) mass is 295 g/mol. The topological polar surface area (TPSA) is 58.4 Å². The van der Waals surface area contributed by atoms with Crippen molar-refractivity contribution in [3.8, 4) is 0 Å². The molecule has 1 aromatic rings. The highest BCUT2D eigenvalue weighted by molar-refractivity contribution is 6.33. The summed E-state index contributed by atoms with van der Waals surface area (Å²) in [4.78, 5) is 14.5. The van der Waals surface area contributed by atoms with Crippen LogP contribution in [0.2, 0.25) is 5.02 Å². The van der Waals surface area contributed by atoms with Gasteiger partial charge in [0.2, 0.25) is 5.91 Å². The molecular weight excluding hydrogens is 274 g/mol. The molecule has 1 amide bonds. The predicted molar refractivity (Wildman–Crippen MR) is 83.9 cm³/mol. The normalized spacial score (nSPS) is 19.8. The van der Waals surface area contributed by atoms with Crippen LogP contribution in [0.5, 0.6) is 0 Å². The number of anilines is 2. The van der Waals surface area contributed by atoms with Gasteiger partial charge in [0.15, 0.2) is 0 Å². The van der Waals surface area contributed by atoms with Gasteiger partial charge in [0.25, 0.3) is 0 Å². The van der Waals surface area contributed by atoms with E-state index in [0.717, 1.165) is 19.5 Å². The lowest BCUT2D eigenvalue weighted by Crippen LogP contribution is -2.41. The van der Waals surface area contributed by atoms with Gasteiger partial charge in [-0.05, 0) is 43.5 Å². The molecule has 1 aromatic carbocycles. The van der Waals surface area contributed by atoms with Crippen molar-refractivity contribution in [2.75, 3.05) is 24.1 Å². The Balaban J connectivity index is 1.99. The van der Waals surface area contributed by atoms with Crippen LogP contribution in [-0.4, -0.2) is 29.9 Å². The number of carbonyl (C=O) groups is 1. The lowest BCUT2D eigenvalue weighted by atomic mass is 9.93. The van der Waals surface area contributed by atoms with Crippen LogP contribution in [0.3, 0.4) is 0 Å². The minimum absolute atomic E-state index is 0.00979. The van der Waals surface area contributed by atoms with Crippen molar-refractivity contribution in [3.63, 3.8) is 0 Å². The summed E-state index contributed by atoms with van der Waals surface area (Å²) in [5, 5.41) is 3.39. The Morgan fingerprint density at radius 1 is 1.50 bits per heavy atom. The van der Waals surface area contributed by atoms with E-state index >= 15 is 0 Å². The molecule has 0 aromatic heterocycles. The van der Waals surface area contributed by atoms with E-state index in [0.29, 0.717) is 21.8 Å². The van der Waals surface area contributed by atoms with E-state index in [4.69, 9.17) is 17.3 Å². The Morgan fingerprint density at radius 3 is 2.75 bits per heavy atom. The highest BCUT2D eigenvalue weighted by atomic mass is 35.5. The Kier molecular flexibility index (Phi) is 4.25. The standard InChI is InChI=1S/C15H22ClN3O/c1-10(19-7-6-15(2,3)9-19)14(20)18-11-4-5-12(16)13(17)8-11/h4-5,8,10H,6-7,9,17H2,1-3H3,(H,18,20). The minimum Gasteiger partial charge on any atom is -0.397 e. The number of nitrogens with two attached hydrogens (primary N) is 1. The molecule has 20 heavy (non-hydrogen) atoms. The maximum Gasteiger partial charge on any atom is 0.241 e. The number of hydrogen-bond donors (Lipinski definition) is 2. The third-order valence-electron chi connectivity index (χ3n) is 3.90. The van der Waals surface area contributed by atoms with Crippen LogP contribution < -0.4 is 11.1 Å². The van der Waals surface area contributed by atoms with Gasteiger partial charge in [0.1, 0.15) is 0 Å². The molecule has 1 unspecified atom stereocenters. The van der Waals surface area contributed by atoms with Crippen LogP contribution in [0.1, 0.15) is 27.2 Å². The number of benzene rings is 1. The number of nitrogen functional groups attached to an aromatic ring is 1. The van der Waals surface area contributed by atoms with Gasteiger partial charge < -0.3 is 11.1 Å². The fourth-order valence-corrected chi connectivity index (χ4v) is 2.64. The molecule has 1 fully saturated rings. The second-order valence-corrected chi connectivity index (χ2v) is 6.69. The van der Waals surface area contributed by atoms with E-state index < -0.39 is 0 Å². The summed E-state index contributed by atoms with van der Waals surface area (Å²) < 4.78 is 0. The molecule has 0 bridgehead atoms. The third-order valence-corrected chi connectivity index (χ3v) is 4.24. The van der Waals surface area contributed by atoms with Crippen LogP contribution in [0.15, 0.2) is 18.2 Å². The lowest BCUT2D eigenvalue weighted by molar-refractivity contribution is -0.120. The lowest BCUT2D eigenvalue weighted by Gasteiger charge is -2.25. The molecule has 1 heterocycles. The third kappa shape index (κ3) is 3.44. The smallest absolute Gasteiger partial charge is 0.241 e. The fourth-order valence-electron chi connectivity index (χ4n) is 2.52. The predicted octanol–water partition coefficient (Wildman–Crippen LogP) is 2.98. The second-order valence-electron chi connectivity index (χ2n) is 6.29. The van der Waals surface area contributed by atoms with E-state index in [1.165, 1.54) is 0 Å². The molecule has 4 nitrogen and oxygen atoms in total. The van der Waals surface area contributed by atoms with Crippen molar-refractivity contribution in [3.05, 3.63) is 23.2 Å². The summed E-state index contributed by atoms with van der Waals surface area (Å²) in [7, 11) is 0.